The lowest BCUT2D eigenvalue weighted by Crippen LogP contribution is -1.86. The van der Waals surface area contributed by atoms with Crippen LogP contribution in [0.25, 0.3) is 10.9 Å². The Bertz CT molecular complexity index is 455. The van der Waals surface area contributed by atoms with Gasteiger partial charge < -0.3 is 5.73 Å². The van der Waals surface area contributed by atoms with Crippen molar-refractivity contribution in [3.8, 4) is 0 Å². The van der Waals surface area contributed by atoms with Crippen molar-refractivity contribution in [1.29, 1.82) is 0 Å². The monoisotopic (exact) mass is 368 g/mol. The number of anilines is 1. The predicted octanol–water partition coefficient (Wildman–Crippen LogP) is 3.83. The Morgan fingerprint density at radius 2 is 2.23 bits per heavy atom. The molecule has 68 valence electrons. The molecule has 2 aromatic rings. The van der Waals surface area contributed by atoms with Crippen molar-refractivity contribution >= 4 is 62.8 Å². The van der Waals surface area contributed by atoms with E-state index in [-0.39, 0.29) is 0 Å². The van der Waals surface area contributed by atoms with Gasteiger partial charge in [-0.05, 0) is 18.2 Å². The first-order valence-electron chi connectivity index (χ1n) is 3.57. The Hall–Kier alpha value is 0.120. The zero-order valence-corrected chi connectivity index (χ0v) is 11.1. The van der Waals surface area contributed by atoms with Gasteiger partial charge in [0.2, 0.25) is 0 Å². The normalized spacial score (nSPS) is 10.9. The summed E-state index contributed by atoms with van der Waals surface area (Å²) in [6, 6.07) is 5.97. The molecule has 1 heterocycles. The van der Waals surface area contributed by atoms with Gasteiger partial charge in [-0.3, -0.25) is 3.97 Å². The Labute approximate surface area is 101 Å². The molecule has 0 bridgehead atoms. The number of hydrogen-bond donors (Lipinski definition) is 1. The van der Waals surface area contributed by atoms with Crippen LogP contribution >= 0.6 is 46.3 Å². The first-order valence-corrected chi connectivity index (χ1v) is 7.68. The summed E-state index contributed by atoms with van der Waals surface area (Å²) < 4.78 is 3.13. The van der Waals surface area contributed by atoms with Crippen LogP contribution in [0.2, 0.25) is 0 Å². The van der Waals surface area contributed by atoms with Gasteiger partial charge in [-0.1, -0.05) is 15.9 Å². The number of fused-ring (bicyclic) bond motifs is 1. The van der Waals surface area contributed by atoms with Crippen molar-refractivity contribution in [3.63, 3.8) is 0 Å². The number of nitrogens with zero attached hydrogens (tertiary/aromatic N) is 1. The first kappa shape index (κ1) is 9.67. The molecule has 2 nitrogen and oxygen atoms in total. The third-order valence-corrected chi connectivity index (χ3v) is 4.21. The van der Waals surface area contributed by atoms with E-state index in [2.05, 4.69) is 47.2 Å². The maximum absolute atomic E-state index is 5.75. The summed E-state index contributed by atoms with van der Waals surface area (Å²) in [4.78, 5) is 0. The molecule has 0 aliphatic carbocycles. The van der Waals surface area contributed by atoms with Gasteiger partial charge in [-0.15, -0.1) is 0 Å². The van der Waals surface area contributed by atoms with E-state index in [1.807, 2.05) is 18.3 Å². The Morgan fingerprint density at radius 1 is 1.46 bits per heavy atom. The minimum absolute atomic E-state index is 0.782. The van der Waals surface area contributed by atoms with Crippen LogP contribution in [0.4, 0.5) is 5.69 Å². The van der Waals surface area contributed by atoms with Crippen LogP contribution in [-0.2, 0) is 0 Å². The molecule has 2 N–H and O–H groups in total. The Balaban J connectivity index is 2.82. The zero-order chi connectivity index (χ0) is 9.42. The molecule has 2 rings (SSSR count). The second-order valence-electron chi connectivity index (χ2n) is 2.65. The number of halogens is 2. The average molecular weight is 369 g/mol. The molecule has 0 spiro atoms. The van der Waals surface area contributed by atoms with E-state index >= 15 is 0 Å². The molecule has 0 radical (unpaired) electrons. The van der Waals surface area contributed by atoms with Gasteiger partial charge in [-0.2, -0.15) is 0 Å². The van der Waals surface area contributed by atoms with Gasteiger partial charge in [0, 0.05) is 52.1 Å². The van der Waals surface area contributed by atoms with Crippen LogP contribution in [0.5, 0.6) is 0 Å². The molecular weight excluding hydrogens is 363 g/mol. The average Bonchev–Trinajstić information content (AvgIpc) is 2.47. The van der Waals surface area contributed by atoms with E-state index in [0.717, 1.165) is 15.7 Å². The maximum atomic E-state index is 5.75. The van der Waals surface area contributed by atoms with Crippen LogP contribution < -0.4 is 5.73 Å². The summed E-state index contributed by atoms with van der Waals surface area (Å²) >= 11 is 5.73. The fourth-order valence-electron chi connectivity index (χ4n) is 1.25. The van der Waals surface area contributed by atoms with E-state index < -0.39 is 0 Å². The lowest BCUT2D eigenvalue weighted by Gasteiger charge is -2.01. The lowest BCUT2D eigenvalue weighted by atomic mass is 10.2. The van der Waals surface area contributed by atoms with Crippen molar-refractivity contribution in [1.82, 2.24) is 3.97 Å². The molecule has 0 fully saturated rings. The lowest BCUT2D eigenvalue weighted by molar-refractivity contribution is 1.37. The number of benzene rings is 1. The van der Waals surface area contributed by atoms with E-state index in [1.165, 1.54) is 5.39 Å². The smallest absolute Gasteiger partial charge is 0.0630 e. The first-order chi connectivity index (χ1) is 6.22. The highest BCUT2D eigenvalue weighted by Crippen LogP contribution is 2.31. The highest BCUT2D eigenvalue weighted by atomic mass is 127. The SMILES string of the molecule is Nc1cc(Br)c2ccn(SI)c2c1. The van der Waals surface area contributed by atoms with Gasteiger partial charge in [0.1, 0.15) is 0 Å². The Morgan fingerprint density at radius 3 is 2.92 bits per heavy atom. The fraction of sp³-hybridized carbons (Fsp3) is 0. The zero-order valence-electron chi connectivity index (χ0n) is 6.50. The number of nitrogen functional groups attached to an aromatic ring is 1. The van der Waals surface area contributed by atoms with E-state index in [4.69, 9.17) is 5.73 Å². The molecule has 1 aromatic heterocycles. The third kappa shape index (κ3) is 1.69. The summed E-state index contributed by atoms with van der Waals surface area (Å²) in [6.07, 6.45) is 2.03. The summed E-state index contributed by atoms with van der Waals surface area (Å²) in [5.41, 5.74) is 7.68. The van der Waals surface area contributed by atoms with Gasteiger partial charge in [0.05, 0.1) is 5.52 Å². The van der Waals surface area contributed by atoms with Crippen LogP contribution in [0.3, 0.4) is 0 Å². The number of nitrogens with two attached hydrogens (primary N) is 1. The van der Waals surface area contributed by atoms with E-state index in [1.54, 1.807) is 9.12 Å². The number of hydrogen-bond acceptors (Lipinski definition) is 2. The summed E-state index contributed by atoms with van der Waals surface area (Å²) in [5, 5.41) is 1.19. The van der Waals surface area contributed by atoms with Crippen molar-refractivity contribution in [2.45, 2.75) is 0 Å². The van der Waals surface area contributed by atoms with Crippen LogP contribution in [0, 0.1) is 0 Å². The largest absolute Gasteiger partial charge is 0.399 e. The summed E-state index contributed by atoms with van der Waals surface area (Å²) in [7, 11) is 1.63. The van der Waals surface area contributed by atoms with E-state index in [0.29, 0.717) is 0 Å². The third-order valence-electron chi connectivity index (χ3n) is 1.82. The maximum Gasteiger partial charge on any atom is 0.0630 e. The second-order valence-corrected chi connectivity index (χ2v) is 5.21. The minimum atomic E-state index is 0.782. The van der Waals surface area contributed by atoms with Crippen molar-refractivity contribution < 1.29 is 0 Å². The summed E-state index contributed by atoms with van der Waals surface area (Å²) in [6.45, 7) is 0. The molecule has 0 atom stereocenters. The molecule has 0 amide bonds. The second kappa shape index (κ2) is 3.70. The van der Waals surface area contributed by atoms with Crippen LogP contribution in [0.15, 0.2) is 28.9 Å². The fourth-order valence-corrected chi connectivity index (χ4v) is 3.22. The van der Waals surface area contributed by atoms with Crippen LogP contribution in [0.1, 0.15) is 0 Å². The van der Waals surface area contributed by atoms with Gasteiger partial charge >= 0.3 is 0 Å². The quantitative estimate of drug-likeness (QED) is 0.612. The topological polar surface area (TPSA) is 30.9 Å². The van der Waals surface area contributed by atoms with Gasteiger partial charge in [0.25, 0.3) is 0 Å². The molecule has 0 saturated heterocycles. The molecule has 0 aliphatic rings. The molecule has 0 saturated carbocycles. The molecule has 1 aromatic carbocycles. The number of aromatic nitrogens is 1. The van der Waals surface area contributed by atoms with Gasteiger partial charge in [-0.25, -0.2) is 0 Å². The highest BCUT2D eigenvalue weighted by molar-refractivity contribution is 14.2. The van der Waals surface area contributed by atoms with Crippen molar-refractivity contribution in [2.75, 3.05) is 5.73 Å². The Kier molecular flexibility index (Phi) is 2.75. The van der Waals surface area contributed by atoms with E-state index in [9.17, 15) is 0 Å². The van der Waals surface area contributed by atoms with Crippen molar-refractivity contribution in [3.05, 3.63) is 28.9 Å². The van der Waals surface area contributed by atoms with Crippen LogP contribution in [-0.4, -0.2) is 3.97 Å². The molecule has 0 unspecified atom stereocenters. The standard InChI is InChI=1S/C8H6BrIN2S/c9-7-3-5(11)4-8-6(7)1-2-12(8)13-10/h1-4H,11H2. The molecule has 5 heteroatoms. The minimum Gasteiger partial charge on any atom is -0.399 e. The van der Waals surface area contributed by atoms with Gasteiger partial charge in [0.15, 0.2) is 0 Å². The van der Waals surface area contributed by atoms with Crippen molar-refractivity contribution in [2.24, 2.45) is 0 Å². The summed E-state index contributed by atoms with van der Waals surface area (Å²) in [5.74, 6) is 0. The predicted molar refractivity (Wildman–Crippen MR) is 71.1 cm³/mol. The molecular formula is C8H6BrIN2S. The highest BCUT2D eigenvalue weighted by Gasteiger charge is 2.04. The molecule has 0 aliphatic heterocycles. The molecule has 13 heavy (non-hydrogen) atoms. The number of rotatable bonds is 1.